The number of carbonyl (C=O) groups is 1. The number of halogens is 7. The van der Waals surface area contributed by atoms with Gasteiger partial charge in [-0.15, -0.1) is 23.2 Å². The molecule has 0 aliphatic rings. The van der Waals surface area contributed by atoms with Gasteiger partial charge >= 0.3 is 18.3 Å². The zero-order chi connectivity index (χ0) is 11.6. The first-order chi connectivity index (χ1) is 6.12. The number of esters is 1. The molecule has 1 atom stereocenters. The molecule has 0 aliphatic heterocycles. The van der Waals surface area contributed by atoms with Crippen LogP contribution in [0.2, 0.25) is 0 Å². The van der Waals surface area contributed by atoms with Crippen LogP contribution in [0.3, 0.4) is 0 Å². The molecule has 0 bridgehead atoms. The zero-order valence-corrected chi connectivity index (χ0v) is 7.76. The van der Waals surface area contributed by atoms with Crippen molar-refractivity contribution in [3.63, 3.8) is 0 Å². The van der Waals surface area contributed by atoms with Crippen LogP contribution in [0.4, 0.5) is 22.0 Å². The highest BCUT2D eigenvalue weighted by Crippen LogP contribution is 2.36. The fraction of sp³-hybridized carbons (Fsp3) is 0.800. The molecule has 0 aromatic rings. The Bertz CT molecular complexity index is 217. The van der Waals surface area contributed by atoms with Crippen molar-refractivity contribution in [3.05, 3.63) is 0 Å². The molecule has 0 aromatic carbocycles. The molecule has 0 radical (unpaired) electrons. The molecule has 0 aliphatic carbocycles. The van der Waals surface area contributed by atoms with Crippen LogP contribution >= 0.6 is 23.2 Å². The van der Waals surface area contributed by atoms with E-state index in [4.69, 9.17) is 23.2 Å². The van der Waals surface area contributed by atoms with Crippen LogP contribution in [0.15, 0.2) is 0 Å². The summed E-state index contributed by atoms with van der Waals surface area (Å²) in [6.45, 7) is 0. The third-order valence-corrected chi connectivity index (χ3v) is 1.75. The van der Waals surface area contributed by atoms with Crippen molar-refractivity contribution in [3.8, 4) is 0 Å². The van der Waals surface area contributed by atoms with Gasteiger partial charge in [0.1, 0.15) is 5.38 Å². The van der Waals surface area contributed by atoms with E-state index in [9.17, 15) is 26.7 Å². The SMILES string of the molecule is O=C(OC(F)(F)C(F)(F)F)C(Cl)CCl. The average molecular weight is 261 g/mol. The topological polar surface area (TPSA) is 26.3 Å². The van der Waals surface area contributed by atoms with Gasteiger partial charge in [0.25, 0.3) is 0 Å². The van der Waals surface area contributed by atoms with E-state index < -0.39 is 29.5 Å². The summed E-state index contributed by atoms with van der Waals surface area (Å²) >= 11 is 9.90. The minimum Gasteiger partial charge on any atom is -0.393 e. The van der Waals surface area contributed by atoms with Gasteiger partial charge in [0.05, 0.1) is 0 Å². The van der Waals surface area contributed by atoms with E-state index >= 15 is 0 Å². The molecule has 0 rings (SSSR count). The second-order valence-electron chi connectivity index (χ2n) is 2.06. The molecule has 0 amide bonds. The smallest absolute Gasteiger partial charge is 0.393 e. The van der Waals surface area contributed by atoms with E-state index in [0.29, 0.717) is 0 Å². The van der Waals surface area contributed by atoms with Gasteiger partial charge in [-0.25, -0.2) is 0 Å². The minimum absolute atomic E-state index is 0.631. The van der Waals surface area contributed by atoms with Crippen LogP contribution in [0.5, 0.6) is 0 Å². The van der Waals surface area contributed by atoms with E-state index in [1.54, 1.807) is 0 Å². The third-order valence-electron chi connectivity index (χ3n) is 0.950. The highest BCUT2D eigenvalue weighted by atomic mass is 35.5. The van der Waals surface area contributed by atoms with E-state index in [-0.39, 0.29) is 0 Å². The molecular weight excluding hydrogens is 258 g/mol. The van der Waals surface area contributed by atoms with Crippen molar-refractivity contribution in [2.75, 3.05) is 5.88 Å². The number of ether oxygens (including phenoxy) is 1. The lowest BCUT2D eigenvalue weighted by Gasteiger charge is -2.19. The van der Waals surface area contributed by atoms with E-state index in [1.165, 1.54) is 0 Å². The van der Waals surface area contributed by atoms with Crippen molar-refractivity contribution in [2.24, 2.45) is 0 Å². The fourth-order valence-corrected chi connectivity index (χ4v) is 0.482. The molecule has 0 heterocycles. The van der Waals surface area contributed by atoms with E-state index in [0.717, 1.165) is 0 Å². The highest BCUT2D eigenvalue weighted by molar-refractivity contribution is 6.35. The first kappa shape index (κ1) is 13.7. The zero-order valence-electron chi connectivity index (χ0n) is 6.25. The maximum Gasteiger partial charge on any atom is 0.501 e. The van der Waals surface area contributed by atoms with Crippen molar-refractivity contribution < 1.29 is 31.5 Å². The monoisotopic (exact) mass is 260 g/mol. The quantitative estimate of drug-likeness (QED) is 0.443. The molecule has 14 heavy (non-hydrogen) atoms. The summed E-state index contributed by atoms with van der Waals surface area (Å²) in [5.74, 6) is -2.56. The largest absolute Gasteiger partial charge is 0.501 e. The summed E-state index contributed by atoms with van der Waals surface area (Å²) in [6.07, 6.45) is -11.5. The molecule has 84 valence electrons. The maximum absolute atomic E-state index is 12.0. The van der Waals surface area contributed by atoms with Crippen molar-refractivity contribution >= 4 is 29.2 Å². The van der Waals surface area contributed by atoms with Crippen LogP contribution in [-0.4, -0.2) is 29.5 Å². The number of alkyl halides is 7. The Morgan fingerprint density at radius 2 is 1.71 bits per heavy atom. The average Bonchev–Trinajstić information content (AvgIpc) is 2.00. The molecule has 0 saturated carbocycles. The molecule has 9 heteroatoms. The summed E-state index contributed by atoms with van der Waals surface area (Å²) in [4.78, 5) is 10.4. The van der Waals surface area contributed by atoms with Crippen LogP contribution < -0.4 is 0 Å². The second kappa shape index (κ2) is 4.48. The van der Waals surface area contributed by atoms with E-state index in [2.05, 4.69) is 4.74 Å². The number of hydrogen-bond acceptors (Lipinski definition) is 2. The standard InChI is InChI=1S/C5H3Cl2F5O2/c6-1-2(7)3(13)14-5(11,12)4(8,9)10/h2H,1H2. The fourth-order valence-electron chi connectivity index (χ4n) is 0.311. The van der Waals surface area contributed by atoms with Gasteiger partial charge in [-0.1, -0.05) is 0 Å². The summed E-state index contributed by atoms with van der Waals surface area (Å²) in [5.41, 5.74) is 0. The predicted molar refractivity (Wildman–Crippen MR) is 37.5 cm³/mol. The van der Waals surface area contributed by atoms with Gasteiger partial charge in [0, 0.05) is 5.88 Å². The Hall–Kier alpha value is -0.300. The second-order valence-corrected chi connectivity index (χ2v) is 2.89. The summed E-state index contributed by atoms with van der Waals surface area (Å²) in [6, 6.07) is 0. The Kier molecular flexibility index (Phi) is 4.38. The van der Waals surface area contributed by atoms with Gasteiger partial charge in [0.15, 0.2) is 0 Å². The predicted octanol–water partition coefficient (Wildman–Crippen LogP) is 2.53. The van der Waals surface area contributed by atoms with Gasteiger partial charge < -0.3 is 4.74 Å². The Morgan fingerprint density at radius 1 is 1.29 bits per heavy atom. The summed E-state index contributed by atoms with van der Waals surface area (Å²) in [5, 5.41) is -1.75. The summed E-state index contributed by atoms with van der Waals surface area (Å²) in [7, 11) is 0. The van der Waals surface area contributed by atoms with Gasteiger partial charge in [-0.05, 0) is 0 Å². The Labute approximate surface area is 84.9 Å². The van der Waals surface area contributed by atoms with Gasteiger partial charge in [0.2, 0.25) is 0 Å². The lowest BCUT2D eigenvalue weighted by molar-refractivity contribution is -0.376. The molecule has 0 N–H and O–H groups in total. The number of rotatable bonds is 3. The molecule has 2 nitrogen and oxygen atoms in total. The van der Waals surface area contributed by atoms with Crippen molar-refractivity contribution in [2.45, 2.75) is 17.7 Å². The molecule has 1 unspecified atom stereocenters. The maximum atomic E-state index is 12.0. The first-order valence-corrected chi connectivity index (χ1v) is 3.96. The van der Waals surface area contributed by atoms with Gasteiger partial charge in [-0.2, -0.15) is 22.0 Å². The Morgan fingerprint density at radius 3 is 2.00 bits per heavy atom. The van der Waals surface area contributed by atoms with E-state index in [1.807, 2.05) is 0 Å². The number of hydrogen-bond donors (Lipinski definition) is 0. The first-order valence-electron chi connectivity index (χ1n) is 2.99. The number of carbonyl (C=O) groups excluding carboxylic acids is 1. The lowest BCUT2D eigenvalue weighted by atomic mass is 10.5. The van der Waals surface area contributed by atoms with Crippen LogP contribution in [-0.2, 0) is 9.53 Å². The Balaban J connectivity index is 4.45. The van der Waals surface area contributed by atoms with Crippen LogP contribution in [0.25, 0.3) is 0 Å². The van der Waals surface area contributed by atoms with Crippen LogP contribution in [0, 0.1) is 0 Å². The molecule has 0 spiro atoms. The molecule has 0 fully saturated rings. The normalized spacial score (nSPS) is 15.1. The van der Waals surface area contributed by atoms with Gasteiger partial charge in [-0.3, -0.25) is 4.79 Å². The molecule has 0 aromatic heterocycles. The molecule has 0 saturated heterocycles. The summed E-state index contributed by atoms with van der Waals surface area (Å²) < 4.78 is 61.2. The highest BCUT2D eigenvalue weighted by Gasteiger charge is 2.62. The van der Waals surface area contributed by atoms with Crippen LogP contribution in [0.1, 0.15) is 0 Å². The molecular formula is C5H3Cl2F5O2. The van der Waals surface area contributed by atoms with Crippen molar-refractivity contribution in [1.29, 1.82) is 0 Å². The van der Waals surface area contributed by atoms with Crippen molar-refractivity contribution in [1.82, 2.24) is 0 Å². The minimum atomic E-state index is -5.97. The third kappa shape index (κ3) is 3.45. The lowest BCUT2D eigenvalue weighted by Crippen LogP contribution is -2.42.